The largest absolute Gasteiger partial charge is 0.497 e. The van der Waals surface area contributed by atoms with Crippen LogP contribution in [0.2, 0.25) is 5.02 Å². The Balaban J connectivity index is 2.94. The molecule has 0 saturated heterocycles. The first-order chi connectivity index (χ1) is 6.69. The molecular formula is C10H11ClN2O. The molecule has 0 unspecified atom stereocenters. The fourth-order valence-corrected chi connectivity index (χ4v) is 1.43. The molecule has 0 N–H and O–H groups in total. The molecule has 1 aromatic rings. The number of hydrogen-bond acceptors (Lipinski definition) is 3. The fourth-order valence-electron chi connectivity index (χ4n) is 1.12. The van der Waals surface area contributed by atoms with Gasteiger partial charge in [0.1, 0.15) is 12.3 Å². The highest BCUT2D eigenvalue weighted by Gasteiger charge is 2.06. The molecule has 0 aliphatic heterocycles. The third-order valence-electron chi connectivity index (χ3n) is 1.87. The first kappa shape index (κ1) is 10.7. The van der Waals surface area contributed by atoms with Crippen molar-refractivity contribution >= 4 is 17.3 Å². The SMILES string of the molecule is COc1ccc(N(C)CC#N)c(Cl)c1. The van der Waals surface area contributed by atoms with E-state index in [2.05, 4.69) is 6.07 Å². The zero-order chi connectivity index (χ0) is 10.6. The average molecular weight is 211 g/mol. The second-order valence-electron chi connectivity index (χ2n) is 2.83. The lowest BCUT2D eigenvalue weighted by Crippen LogP contribution is -2.17. The fraction of sp³-hybridized carbons (Fsp3) is 0.300. The van der Waals surface area contributed by atoms with Gasteiger partial charge in [-0.05, 0) is 12.1 Å². The van der Waals surface area contributed by atoms with E-state index in [1.165, 1.54) is 0 Å². The van der Waals surface area contributed by atoms with Gasteiger partial charge in [-0.1, -0.05) is 11.6 Å². The molecule has 0 fully saturated rings. The van der Waals surface area contributed by atoms with E-state index in [1.807, 2.05) is 19.2 Å². The monoisotopic (exact) mass is 210 g/mol. The third kappa shape index (κ3) is 2.30. The third-order valence-corrected chi connectivity index (χ3v) is 2.18. The molecule has 3 nitrogen and oxygen atoms in total. The highest BCUT2D eigenvalue weighted by Crippen LogP contribution is 2.28. The Morgan fingerprint density at radius 2 is 2.29 bits per heavy atom. The van der Waals surface area contributed by atoms with Gasteiger partial charge in [0.2, 0.25) is 0 Å². The summed E-state index contributed by atoms with van der Waals surface area (Å²) < 4.78 is 5.02. The normalized spacial score (nSPS) is 9.29. The number of hydrogen-bond donors (Lipinski definition) is 0. The molecule has 1 rings (SSSR count). The molecule has 74 valence electrons. The number of nitriles is 1. The highest BCUT2D eigenvalue weighted by molar-refractivity contribution is 6.33. The van der Waals surface area contributed by atoms with Crippen LogP contribution in [0.15, 0.2) is 18.2 Å². The van der Waals surface area contributed by atoms with Crippen LogP contribution in [0.25, 0.3) is 0 Å². The molecule has 0 amide bonds. The minimum absolute atomic E-state index is 0.312. The second-order valence-corrected chi connectivity index (χ2v) is 3.24. The zero-order valence-electron chi connectivity index (χ0n) is 8.12. The Morgan fingerprint density at radius 3 is 2.79 bits per heavy atom. The molecular weight excluding hydrogens is 200 g/mol. The average Bonchev–Trinajstić information content (AvgIpc) is 2.17. The van der Waals surface area contributed by atoms with E-state index in [9.17, 15) is 0 Å². The van der Waals surface area contributed by atoms with Gasteiger partial charge in [-0.15, -0.1) is 0 Å². The van der Waals surface area contributed by atoms with Crippen LogP contribution in [0.5, 0.6) is 5.75 Å². The molecule has 1 aromatic carbocycles. The molecule has 0 aromatic heterocycles. The maximum atomic E-state index is 8.53. The van der Waals surface area contributed by atoms with Crippen molar-refractivity contribution in [1.82, 2.24) is 0 Å². The van der Waals surface area contributed by atoms with Crippen molar-refractivity contribution in [3.05, 3.63) is 23.2 Å². The highest BCUT2D eigenvalue weighted by atomic mass is 35.5. The van der Waals surface area contributed by atoms with E-state index in [1.54, 1.807) is 18.1 Å². The van der Waals surface area contributed by atoms with Crippen LogP contribution in [-0.4, -0.2) is 20.7 Å². The van der Waals surface area contributed by atoms with E-state index in [4.69, 9.17) is 21.6 Å². The Bertz CT molecular complexity index is 360. The van der Waals surface area contributed by atoms with Crippen molar-refractivity contribution < 1.29 is 4.74 Å². The van der Waals surface area contributed by atoms with Gasteiger partial charge in [0, 0.05) is 13.1 Å². The number of benzene rings is 1. The molecule has 0 saturated carbocycles. The van der Waals surface area contributed by atoms with Crippen LogP contribution in [0.1, 0.15) is 0 Å². The van der Waals surface area contributed by atoms with Crippen molar-refractivity contribution in [3.8, 4) is 11.8 Å². The molecule has 0 atom stereocenters. The maximum absolute atomic E-state index is 8.53. The van der Waals surface area contributed by atoms with Gasteiger partial charge in [-0.2, -0.15) is 5.26 Å². The Kier molecular flexibility index (Phi) is 3.61. The summed E-state index contributed by atoms with van der Waals surface area (Å²) >= 11 is 6.01. The topological polar surface area (TPSA) is 36.3 Å². The molecule has 0 aliphatic carbocycles. The lowest BCUT2D eigenvalue weighted by Gasteiger charge is -2.17. The molecule has 0 bridgehead atoms. The van der Waals surface area contributed by atoms with Crippen LogP contribution in [0.3, 0.4) is 0 Å². The van der Waals surface area contributed by atoms with Crippen LogP contribution >= 0.6 is 11.6 Å². The summed E-state index contributed by atoms with van der Waals surface area (Å²) in [6.07, 6.45) is 0. The quantitative estimate of drug-likeness (QED) is 0.719. The number of ether oxygens (including phenoxy) is 1. The molecule has 0 heterocycles. The summed E-state index contributed by atoms with van der Waals surface area (Å²) in [7, 11) is 3.40. The van der Waals surface area contributed by atoms with E-state index >= 15 is 0 Å². The van der Waals surface area contributed by atoms with E-state index in [0.29, 0.717) is 17.3 Å². The summed E-state index contributed by atoms with van der Waals surface area (Å²) in [5, 5.41) is 9.12. The zero-order valence-corrected chi connectivity index (χ0v) is 8.88. The lowest BCUT2D eigenvalue weighted by atomic mass is 10.3. The first-order valence-corrected chi connectivity index (χ1v) is 4.48. The van der Waals surface area contributed by atoms with Crippen LogP contribution in [0.4, 0.5) is 5.69 Å². The number of methoxy groups -OCH3 is 1. The van der Waals surface area contributed by atoms with Crippen molar-refractivity contribution in [1.29, 1.82) is 5.26 Å². The van der Waals surface area contributed by atoms with Gasteiger partial charge in [-0.25, -0.2) is 0 Å². The van der Waals surface area contributed by atoms with Crippen molar-refractivity contribution in [2.24, 2.45) is 0 Å². The van der Waals surface area contributed by atoms with Gasteiger partial charge in [-0.3, -0.25) is 0 Å². The second kappa shape index (κ2) is 4.73. The van der Waals surface area contributed by atoms with Gasteiger partial charge < -0.3 is 9.64 Å². The minimum atomic E-state index is 0.312. The number of anilines is 1. The number of halogens is 1. The van der Waals surface area contributed by atoms with Crippen molar-refractivity contribution in [2.45, 2.75) is 0 Å². The standard InChI is InChI=1S/C10H11ClN2O/c1-13(6-5-12)10-4-3-8(14-2)7-9(10)11/h3-4,7H,6H2,1-2H3. The predicted molar refractivity (Wildman–Crippen MR) is 56.9 cm³/mol. The summed E-state index contributed by atoms with van der Waals surface area (Å²) in [6, 6.07) is 7.43. The van der Waals surface area contributed by atoms with Crippen LogP contribution < -0.4 is 9.64 Å². The van der Waals surface area contributed by atoms with Crippen molar-refractivity contribution in [2.75, 3.05) is 25.6 Å². The Hall–Kier alpha value is -1.40. The summed E-state index contributed by atoms with van der Waals surface area (Å²) in [5.74, 6) is 0.712. The van der Waals surface area contributed by atoms with Crippen LogP contribution in [-0.2, 0) is 0 Å². The minimum Gasteiger partial charge on any atom is -0.497 e. The Morgan fingerprint density at radius 1 is 1.57 bits per heavy atom. The van der Waals surface area contributed by atoms with Gasteiger partial charge in [0.15, 0.2) is 0 Å². The summed E-state index contributed by atoms with van der Waals surface area (Å²) in [4.78, 5) is 1.78. The van der Waals surface area contributed by atoms with Crippen LogP contribution in [0, 0.1) is 11.3 Å². The maximum Gasteiger partial charge on any atom is 0.120 e. The molecule has 0 aliphatic rings. The van der Waals surface area contributed by atoms with E-state index in [-0.39, 0.29) is 0 Å². The lowest BCUT2D eigenvalue weighted by molar-refractivity contribution is 0.415. The molecule has 0 spiro atoms. The smallest absolute Gasteiger partial charge is 0.120 e. The van der Waals surface area contributed by atoms with Gasteiger partial charge >= 0.3 is 0 Å². The molecule has 14 heavy (non-hydrogen) atoms. The molecule has 4 heteroatoms. The van der Waals surface area contributed by atoms with Crippen molar-refractivity contribution in [3.63, 3.8) is 0 Å². The first-order valence-electron chi connectivity index (χ1n) is 4.10. The number of rotatable bonds is 3. The van der Waals surface area contributed by atoms with Gasteiger partial charge in [0.25, 0.3) is 0 Å². The van der Waals surface area contributed by atoms with E-state index < -0.39 is 0 Å². The summed E-state index contributed by atoms with van der Waals surface area (Å²) in [6.45, 7) is 0.312. The van der Waals surface area contributed by atoms with Gasteiger partial charge in [0.05, 0.1) is 23.9 Å². The molecule has 0 radical (unpaired) electrons. The summed E-state index contributed by atoms with van der Waals surface area (Å²) in [5.41, 5.74) is 0.828. The van der Waals surface area contributed by atoms with E-state index in [0.717, 1.165) is 5.69 Å². The predicted octanol–water partition coefficient (Wildman–Crippen LogP) is 2.31. The number of nitrogens with zero attached hydrogens (tertiary/aromatic N) is 2. The Labute approximate surface area is 88.5 Å².